The molecule has 6 rings (SSSR count). The minimum Gasteiger partial charge on any atom is -0.367 e. The fourth-order valence-electron chi connectivity index (χ4n) is 4.96. The third-order valence-corrected chi connectivity index (χ3v) is 6.63. The number of anilines is 1. The lowest BCUT2D eigenvalue weighted by Gasteiger charge is -2.26. The van der Waals surface area contributed by atoms with Gasteiger partial charge in [-0.15, -0.1) is 0 Å². The van der Waals surface area contributed by atoms with Crippen LogP contribution in [0.15, 0.2) is 60.4 Å². The van der Waals surface area contributed by atoms with Crippen LogP contribution in [0, 0.1) is 13.8 Å². The third-order valence-electron chi connectivity index (χ3n) is 6.63. The highest BCUT2D eigenvalue weighted by molar-refractivity contribution is 5.78. The SMILES string of the molecule is Cc1ccc(-c2cc(NC3CCC4=C(C3)c3ccccc3C4)n3ncc(C)c3n2)cn1. The summed E-state index contributed by atoms with van der Waals surface area (Å²) in [6.07, 6.45) is 8.26. The Morgan fingerprint density at radius 3 is 2.84 bits per heavy atom. The number of pyridine rings is 1. The molecule has 0 amide bonds. The fraction of sp³-hybridized carbons (Fsp3) is 0.269. The van der Waals surface area contributed by atoms with Crippen LogP contribution in [-0.4, -0.2) is 25.6 Å². The molecule has 0 radical (unpaired) electrons. The van der Waals surface area contributed by atoms with E-state index in [0.29, 0.717) is 6.04 Å². The first kappa shape index (κ1) is 18.3. The molecule has 1 aromatic carbocycles. The molecule has 3 aromatic heterocycles. The maximum atomic E-state index is 4.88. The molecule has 0 spiro atoms. The molecule has 0 fully saturated rings. The van der Waals surface area contributed by atoms with Crippen LogP contribution < -0.4 is 5.32 Å². The van der Waals surface area contributed by atoms with E-state index in [9.17, 15) is 0 Å². The van der Waals surface area contributed by atoms with Gasteiger partial charge in [0, 0.05) is 35.1 Å². The van der Waals surface area contributed by atoms with Crippen molar-refractivity contribution < 1.29 is 0 Å². The van der Waals surface area contributed by atoms with Crippen LogP contribution in [0.2, 0.25) is 0 Å². The fourth-order valence-corrected chi connectivity index (χ4v) is 4.96. The van der Waals surface area contributed by atoms with Crippen LogP contribution in [0.1, 0.15) is 41.6 Å². The molecule has 3 heterocycles. The van der Waals surface area contributed by atoms with E-state index in [1.807, 2.05) is 29.9 Å². The van der Waals surface area contributed by atoms with Gasteiger partial charge in [0.2, 0.25) is 0 Å². The van der Waals surface area contributed by atoms with Crippen molar-refractivity contribution in [2.24, 2.45) is 0 Å². The number of nitrogens with zero attached hydrogens (tertiary/aromatic N) is 4. The van der Waals surface area contributed by atoms with Gasteiger partial charge < -0.3 is 5.32 Å². The molecule has 0 aliphatic heterocycles. The number of benzene rings is 1. The van der Waals surface area contributed by atoms with Gasteiger partial charge in [0.05, 0.1) is 11.9 Å². The maximum Gasteiger partial charge on any atom is 0.160 e. The minimum atomic E-state index is 0.379. The van der Waals surface area contributed by atoms with Gasteiger partial charge in [-0.05, 0) is 68.4 Å². The van der Waals surface area contributed by atoms with Crippen molar-refractivity contribution in [1.82, 2.24) is 19.6 Å². The Kier molecular flexibility index (Phi) is 4.16. The summed E-state index contributed by atoms with van der Waals surface area (Å²) in [6.45, 7) is 4.06. The van der Waals surface area contributed by atoms with Gasteiger partial charge in [-0.3, -0.25) is 4.98 Å². The van der Waals surface area contributed by atoms with E-state index in [2.05, 4.69) is 58.7 Å². The van der Waals surface area contributed by atoms with Crippen LogP contribution in [0.25, 0.3) is 22.5 Å². The molecular weight excluding hydrogens is 382 g/mol. The lowest BCUT2D eigenvalue weighted by atomic mass is 9.88. The summed E-state index contributed by atoms with van der Waals surface area (Å²) in [5.41, 5.74) is 11.0. The molecule has 31 heavy (non-hydrogen) atoms. The van der Waals surface area contributed by atoms with E-state index in [0.717, 1.165) is 59.7 Å². The standard InChI is InChI=1S/C26H25N5/c1-16-14-28-31-25(13-24(30-26(16)31)20-8-7-17(2)27-15-20)29-21-10-9-19-11-18-5-3-4-6-22(18)23(19)12-21/h3-8,13-15,21,29H,9-12H2,1-2H3. The van der Waals surface area contributed by atoms with Crippen LogP contribution in [-0.2, 0) is 6.42 Å². The van der Waals surface area contributed by atoms with Gasteiger partial charge in [0.1, 0.15) is 5.82 Å². The van der Waals surface area contributed by atoms with Crippen molar-refractivity contribution >= 4 is 17.0 Å². The molecule has 4 aromatic rings. The Morgan fingerprint density at radius 1 is 1.06 bits per heavy atom. The number of hydrogen-bond donors (Lipinski definition) is 1. The highest BCUT2D eigenvalue weighted by Gasteiger charge is 2.28. The van der Waals surface area contributed by atoms with Crippen LogP contribution >= 0.6 is 0 Å². The Bertz CT molecular complexity index is 1330. The van der Waals surface area contributed by atoms with Crippen molar-refractivity contribution in [1.29, 1.82) is 0 Å². The molecule has 5 heteroatoms. The number of aromatic nitrogens is 4. The lowest BCUT2D eigenvalue weighted by Crippen LogP contribution is -2.24. The highest BCUT2D eigenvalue weighted by Crippen LogP contribution is 2.42. The molecule has 1 unspecified atom stereocenters. The van der Waals surface area contributed by atoms with Crippen molar-refractivity contribution in [3.8, 4) is 11.3 Å². The number of aryl methyl sites for hydroxylation is 2. The number of allylic oxidation sites excluding steroid dienone is 1. The summed E-state index contributed by atoms with van der Waals surface area (Å²) < 4.78 is 1.94. The predicted molar refractivity (Wildman–Crippen MR) is 124 cm³/mol. The molecule has 1 N–H and O–H groups in total. The average Bonchev–Trinajstić information content (AvgIpc) is 3.35. The Morgan fingerprint density at radius 2 is 1.97 bits per heavy atom. The van der Waals surface area contributed by atoms with Gasteiger partial charge in [0.25, 0.3) is 0 Å². The summed E-state index contributed by atoms with van der Waals surface area (Å²) in [5.74, 6) is 0.994. The number of hydrogen-bond acceptors (Lipinski definition) is 4. The quantitative estimate of drug-likeness (QED) is 0.495. The molecule has 0 saturated heterocycles. The highest BCUT2D eigenvalue weighted by atomic mass is 15.3. The van der Waals surface area contributed by atoms with Gasteiger partial charge in [0.15, 0.2) is 5.65 Å². The zero-order valence-corrected chi connectivity index (χ0v) is 17.9. The molecule has 154 valence electrons. The second-order valence-corrected chi connectivity index (χ2v) is 8.78. The molecular formula is C26H25N5. The smallest absolute Gasteiger partial charge is 0.160 e. The summed E-state index contributed by atoms with van der Waals surface area (Å²) in [4.78, 5) is 9.34. The van der Waals surface area contributed by atoms with E-state index in [1.54, 1.807) is 11.1 Å². The van der Waals surface area contributed by atoms with E-state index in [-0.39, 0.29) is 0 Å². The van der Waals surface area contributed by atoms with E-state index in [1.165, 1.54) is 11.1 Å². The van der Waals surface area contributed by atoms with Gasteiger partial charge >= 0.3 is 0 Å². The number of rotatable bonds is 3. The average molecular weight is 408 g/mol. The van der Waals surface area contributed by atoms with Crippen molar-refractivity contribution in [2.75, 3.05) is 5.32 Å². The predicted octanol–water partition coefficient (Wildman–Crippen LogP) is 5.38. The Balaban J connectivity index is 1.35. The molecule has 2 aliphatic rings. The minimum absolute atomic E-state index is 0.379. The van der Waals surface area contributed by atoms with Crippen LogP contribution in [0.3, 0.4) is 0 Å². The Hall–Kier alpha value is -3.47. The van der Waals surface area contributed by atoms with Crippen molar-refractivity contribution in [3.05, 3.63) is 82.8 Å². The summed E-state index contributed by atoms with van der Waals surface area (Å²) >= 11 is 0. The molecule has 0 bridgehead atoms. The number of fused-ring (bicyclic) bond motifs is 3. The summed E-state index contributed by atoms with van der Waals surface area (Å²) in [5, 5.41) is 8.41. The Labute approximate surface area is 181 Å². The van der Waals surface area contributed by atoms with E-state index < -0.39 is 0 Å². The van der Waals surface area contributed by atoms with Crippen LogP contribution in [0.4, 0.5) is 5.82 Å². The first-order chi connectivity index (χ1) is 15.2. The van der Waals surface area contributed by atoms with Gasteiger partial charge in [-0.1, -0.05) is 29.8 Å². The van der Waals surface area contributed by atoms with Crippen molar-refractivity contribution in [2.45, 2.75) is 45.6 Å². The second-order valence-electron chi connectivity index (χ2n) is 8.78. The molecule has 1 atom stereocenters. The van der Waals surface area contributed by atoms with Gasteiger partial charge in [-0.2, -0.15) is 9.61 Å². The first-order valence-corrected chi connectivity index (χ1v) is 11.0. The third kappa shape index (κ3) is 3.12. The normalized spacial score (nSPS) is 17.7. The topological polar surface area (TPSA) is 55.1 Å². The largest absolute Gasteiger partial charge is 0.367 e. The summed E-state index contributed by atoms with van der Waals surface area (Å²) in [6, 6.07) is 15.5. The summed E-state index contributed by atoms with van der Waals surface area (Å²) in [7, 11) is 0. The van der Waals surface area contributed by atoms with E-state index >= 15 is 0 Å². The zero-order chi connectivity index (χ0) is 20.9. The van der Waals surface area contributed by atoms with Crippen LogP contribution in [0.5, 0.6) is 0 Å². The second kappa shape index (κ2) is 7.05. The van der Waals surface area contributed by atoms with Crippen molar-refractivity contribution in [3.63, 3.8) is 0 Å². The monoisotopic (exact) mass is 407 g/mol. The molecule has 5 nitrogen and oxygen atoms in total. The first-order valence-electron chi connectivity index (χ1n) is 11.0. The maximum absolute atomic E-state index is 4.88. The zero-order valence-electron chi connectivity index (χ0n) is 17.9. The molecule has 0 saturated carbocycles. The number of nitrogens with one attached hydrogen (secondary N) is 1. The van der Waals surface area contributed by atoms with E-state index in [4.69, 9.17) is 4.98 Å². The molecule has 2 aliphatic carbocycles. The van der Waals surface area contributed by atoms with Gasteiger partial charge in [-0.25, -0.2) is 4.98 Å². The lowest BCUT2D eigenvalue weighted by molar-refractivity contribution is 0.629.